The molecule has 0 saturated heterocycles. The van der Waals surface area contributed by atoms with E-state index in [1.54, 1.807) is 7.11 Å². The van der Waals surface area contributed by atoms with E-state index < -0.39 is 0 Å². The molecule has 0 fully saturated rings. The van der Waals surface area contributed by atoms with Gasteiger partial charge in [-0.15, -0.1) is 0 Å². The van der Waals surface area contributed by atoms with Crippen molar-refractivity contribution in [1.29, 1.82) is 0 Å². The maximum atomic E-state index is 5.48. The second-order valence-electron chi connectivity index (χ2n) is 3.44. The van der Waals surface area contributed by atoms with E-state index in [1.807, 2.05) is 36.4 Å². The van der Waals surface area contributed by atoms with E-state index >= 15 is 0 Å². The molecule has 0 aliphatic rings. The van der Waals surface area contributed by atoms with E-state index in [0.717, 1.165) is 10.8 Å². The number of rotatable bonds is 3. The number of benzene rings is 2. The van der Waals surface area contributed by atoms with Crippen molar-refractivity contribution in [1.82, 2.24) is 0 Å². The first kappa shape index (κ1) is 11.6. The summed E-state index contributed by atoms with van der Waals surface area (Å²) < 4.78 is 10.9. The largest absolute Gasteiger partial charge is 0.492 e. The van der Waals surface area contributed by atoms with Gasteiger partial charge >= 0.3 is 0 Å². The van der Waals surface area contributed by atoms with Gasteiger partial charge in [0.2, 0.25) is 0 Å². The lowest BCUT2D eigenvalue weighted by Gasteiger charge is -2.11. The zero-order chi connectivity index (χ0) is 12.3. The smallest absolute Gasteiger partial charge is 0.190 e. The van der Waals surface area contributed by atoms with Crippen molar-refractivity contribution in [2.45, 2.75) is 0 Å². The van der Waals surface area contributed by atoms with Gasteiger partial charge in [0.05, 0.1) is 7.11 Å². The van der Waals surface area contributed by atoms with Gasteiger partial charge < -0.3 is 9.47 Å². The Labute approximate surface area is 105 Å². The van der Waals surface area contributed by atoms with E-state index in [0.29, 0.717) is 16.5 Å². The highest BCUT2D eigenvalue weighted by Gasteiger charge is 2.09. The van der Waals surface area contributed by atoms with Gasteiger partial charge in [-0.1, -0.05) is 36.9 Å². The van der Waals surface area contributed by atoms with Crippen LogP contribution in [0, 0.1) is 0 Å². The molecule has 2 nitrogen and oxygen atoms in total. The first-order chi connectivity index (χ1) is 8.26. The van der Waals surface area contributed by atoms with Crippen LogP contribution >= 0.6 is 12.2 Å². The molecule has 0 heterocycles. The highest BCUT2D eigenvalue weighted by Crippen LogP contribution is 2.35. The van der Waals surface area contributed by atoms with Crippen LogP contribution in [0.1, 0.15) is 0 Å². The van der Waals surface area contributed by atoms with E-state index in [1.165, 1.54) is 6.08 Å². The van der Waals surface area contributed by atoms with E-state index in [-0.39, 0.29) is 0 Å². The molecule has 3 heteroatoms. The number of hydrogen-bond acceptors (Lipinski definition) is 3. The van der Waals surface area contributed by atoms with Gasteiger partial charge in [-0.25, -0.2) is 0 Å². The molecule has 0 spiro atoms. The Hall–Kier alpha value is -1.87. The molecular formula is C14H12O2S. The average Bonchev–Trinajstić information content (AvgIpc) is 2.38. The van der Waals surface area contributed by atoms with Crippen molar-refractivity contribution < 1.29 is 9.47 Å². The van der Waals surface area contributed by atoms with Crippen molar-refractivity contribution >= 4 is 28.0 Å². The van der Waals surface area contributed by atoms with Crippen molar-refractivity contribution in [3.63, 3.8) is 0 Å². The average molecular weight is 244 g/mol. The molecule has 0 aliphatic carbocycles. The number of thiocarbonyl (C=S) groups is 1. The third-order valence-electron chi connectivity index (χ3n) is 2.42. The van der Waals surface area contributed by atoms with E-state index in [4.69, 9.17) is 21.7 Å². The van der Waals surface area contributed by atoms with Crippen LogP contribution < -0.4 is 9.47 Å². The van der Waals surface area contributed by atoms with Crippen LogP contribution in [-0.2, 0) is 0 Å². The molecule has 0 aliphatic heterocycles. The van der Waals surface area contributed by atoms with Crippen LogP contribution in [0.15, 0.2) is 49.1 Å². The molecule has 2 aromatic rings. The Morgan fingerprint density at radius 3 is 2.71 bits per heavy atom. The first-order valence-corrected chi connectivity index (χ1v) is 5.57. The van der Waals surface area contributed by atoms with Gasteiger partial charge in [0.1, 0.15) is 0 Å². The van der Waals surface area contributed by atoms with E-state index in [9.17, 15) is 0 Å². The molecule has 0 saturated carbocycles. The minimum absolute atomic E-state index is 0.332. The minimum Gasteiger partial charge on any atom is -0.492 e. The monoisotopic (exact) mass is 244 g/mol. The molecule has 0 amide bonds. The lowest BCUT2D eigenvalue weighted by Crippen LogP contribution is -2.02. The summed E-state index contributed by atoms with van der Waals surface area (Å²) in [6, 6.07) is 11.8. The predicted octanol–water partition coefficient (Wildman–Crippen LogP) is 3.74. The zero-order valence-corrected chi connectivity index (χ0v) is 10.3. The Morgan fingerprint density at radius 1 is 1.24 bits per heavy atom. The molecule has 0 N–H and O–H groups in total. The van der Waals surface area contributed by atoms with Crippen molar-refractivity contribution in [3.05, 3.63) is 49.1 Å². The summed E-state index contributed by atoms with van der Waals surface area (Å²) in [7, 11) is 1.62. The second-order valence-corrected chi connectivity index (χ2v) is 3.85. The molecule has 0 radical (unpaired) electrons. The SMILES string of the molecule is C=CC(=S)Oc1ccc2ccccc2c1OC. The van der Waals surface area contributed by atoms with Gasteiger partial charge in [-0.2, -0.15) is 0 Å². The Kier molecular flexibility index (Phi) is 3.40. The number of hydrogen-bond donors (Lipinski definition) is 0. The summed E-state index contributed by atoms with van der Waals surface area (Å²) in [5.41, 5.74) is 0. The quantitative estimate of drug-likeness (QED) is 0.605. The summed E-state index contributed by atoms with van der Waals surface area (Å²) in [4.78, 5) is 0. The fourth-order valence-corrected chi connectivity index (χ4v) is 1.75. The molecule has 0 atom stereocenters. The Bertz CT molecular complexity index is 575. The van der Waals surface area contributed by atoms with Gasteiger partial charge in [0.25, 0.3) is 0 Å². The van der Waals surface area contributed by atoms with Gasteiger partial charge in [-0.05, 0) is 29.7 Å². The maximum Gasteiger partial charge on any atom is 0.190 e. The molecule has 0 bridgehead atoms. The summed E-state index contributed by atoms with van der Waals surface area (Å²) in [6.45, 7) is 3.57. The second kappa shape index (κ2) is 4.97. The normalized spacial score (nSPS) is 9.94. The number of fused-ring (bicyclic) bond motifs is 1. The van der Waals surface area contributed by atoms with Crippen LogP contribution in [0.4, 0.5) is 0 Å². The predicted molar refractivity (Wildman–Crippen MR) is 73.9 cm³/mol. The third-order valence-corrected chi connectivity index (χ3v) is 2.67. The molecular weight excluding hydrogens is 232 g/mol. The Morgan fingerprint density at radius 2 is 2.00 bits per heavy atom. The zero-order valence-electron chi connectivity index (χ0n) is 9.47. The number of ether oxygens (including phenoxy) is 2. The minimum atomic E-state index is 0.332. The van der Waals surface area contributed by atoms with Gasteiger partial charge in [-0.3, -0.25) is 0 Å². The lowest BCUT2D eigenvalue weighted by atomic mass is 10.1. The van der Waals surface area contributed by atoms with E-state index in [2.05, 4.69) is 6.58 Å². The van der Waals surface area contributed by atoms with Crippen LogP contribution in [-0.4, -0.2) is 12.2 Å². The van der Waals surface area contributed by atoms with Gasteiger partial charge in [0.15, 0.2) is 16.5 Å². The molecule has 2 aromatic carbocycles. The summed E-state index contributed by atoms with van der Waals surface area (Å²) in [5.74, 6) is 1.29. The highest BCUT2D eigenvalue weighted by atomic mass is 32.1. The summed E-state index contributed by atoms with van der Waals surface area (Å²) in [5, 5.41) is 2.43. The number of methoxy groups -OCH3 is 1. The first-order valence-electron chi connectivity index (χ1n) is 5.16. The van der Waals surface area contributed by atoms with Crippen molar-refractivity contribution in [2.75, 3.05) is 7.11 Å². The highest BCUT2D eigenvalue weighted by molar-refractivity contribution is 7.80. The fraction of sp³-hybridized carbons (Fsp3) is 0.0714. The standard InChI is InChI=1S/C14H12O2S/c1-3-13(17)16-12-9-8-10-6-4-5-7-11(10)14(12)15-2/h3-9H,1H2,2H3. The van der Waals surface area contributed by atoms with Crippen molar-refractivity contribution in [2.24, 2.45) is 0 Å². The van der Waals surface area contributed by atoms with Gasteiger partial charge in [0, 0.05) is 5.39 Å². The molecule has 17 heavy (non-hydrogen) atoms. The topological polar surface area (TPSA) is 18.5 Å². The summed E-state index contributed by atoms with van der Waals surface area (Å²) in [6.07, 6.45) is 1.49. The lowest BCUT2D eigenvalue weighted by molar-refractivity contribution is 0.398. The summed E-state index contributed by atoms with van der Waals surface area (Å²) >= 11 is 4.97. The maximum absolute atomic E-state index is 5.48. The van der Waals surface area contributed by atoms with Crippen LogP contribution in [0.5, 0.6) is 11.5 Å². The third kappa shape index (κ3) is 2.29. The fourth-order valence-electron chi connectivity index (χ4n) is 1.66. The molecule has 2 rings (SSSR count). The van der Waals surface area contributed by atoms with Crippen LogP contribution in [0.2, 0.25) is 0 Å². The molecule has 0 unspecified atom stereocenters. The molecule has 0 aromatic heterocycles. The van der Waals surface area contributed by atoms with Crippen molar-refractivity contribution in [3.8, 4) is 11.5 Å². The molecule has 86 valence electrons. The Balaban J connectivity index is 2.56. The van der Waals surface area contributed by atoms with Crippen LogP contribution in [0.3, 0.4) is 0 Å². The van der Waals surface area contributed by atoms with Crippen LogP contribution in [0.25, 0.3) is 10.8 Å².